The van der Waals surface area contributed by atoms with E-state index in [1.54, 1.807) is 17.4 Å². The molecule has 5 rings (SSSR count). The molecular weight excluding hydrogens is 468 g/mol. The van der Waals surface area contributed by atoms with Crippen LogP contribution in [0.4, 0.5) is 0 Å². The molecule has 0 saturated carbocycles. The minimum Gasteiger partial charge on any atom is -0.361 e. The van der Waals surface area contributed by atoms with Crippen LogP contribution in [0.2, 0.25) is 0 Å². The highest BCUT2D eigenvalue weighted by atomic mass is 32.1. The lowest BCUT2D eigenvalue weighted by Crippen LogP contribution is -2.37. The first-order chi connectivity index (χ1) is 17.6. The fourth-order valence-electron chi connectivity index (χ4n) is 4.84. The maximum Gasteiger partial charge on any atom is 0.253 e. The number of amides is 2. The maximum absolute atomic E-state index is 13.2. The van der Waals surface area contributed by atoms with E-state index in [9.17, 15) is 9.59 Å². The number of hydrogen-bond donors (Lipinski definition) is 2. The molecule has 0 spiro atoms. The van der Waals surface area contributed by atoms with Crippen molar-refractivity contribution >= 4 is 40.1 Å². The lowest BCUT2D eigenvalue weighted by Gasteiger charge is -2.32. The average Bonchev–Trinajstić information content (AvgIpc) is 3.57. The first-order valence-corrected chi connectivity index (χ1v) is 13.3. The summed E-state index contributed by atoms with van der Waals surface area (Å²) in [7, 11) is 0. The van der Waals surface area contributed by atoms with Gasteiger partial charge < -0.3 is 15.2 Å². The molecule has 7 heteroatoms. The summed E-state index contributed by atoms with van der Waals surface area (Å²) in [5.74, 6) is 0.105. The summed E-state index contributed by atoms with van der Waals surface area (Å²) in [4.78, 5) is 36.8. The third-order valence-electron chi connectivity index (χ3n) is 6.79. The quantitative estimate of drug-likeness (QED) is 0.338. The number of piperidine rings is 1. The number of nitrogens with one attached hydrogen (secondary N) is 2. The Hall–Kier alpha value is -3.71. The molecule has 1 aromatic carbocycles. The van der Waals surface area contributed by atoms with Crippen molar-refractivity contribution < 1.29 is 9.59 Å². The van der Waals surface area contributed by atoms with Crippen molar-refractivity contribution in [3.8, 4) is 0 Å². The number of hydrogen-bond acceptors (Lipinski definition) is 4. The Bertz CT molecular complexity index is 1380. The molecule has 2 amide bonds. The number of fused-ring (bicyclic) bond motifs is 1. The van der Waals surface area contributed by atoms with Gasteiger partial charge in [-0.3, -0.25) is 14.6 Å². The van der Waals surface area contributed by atoms with E-state index in [0.717, 1.165) is 41.0 Å². The number of aromatic nitrogens is 2. The molecule has 0 unspecified atom stereocenters. The van der Waals surface area contributed by atoms with Crippen molar-refractivity contribution in [2.45, 2.75) is 32.1 Å². The Kier molecular flexibility index (Phi) is 7.28. The molecule has 3 aromatic heterocycles. The number of thiophene rings is 1. The molecule has 0 bridgehead atoms. The van der Waals surface area contributed by atoms with E-state index >= 15 is 0 Å². The maximum atomic E-state index is 13.2. The normalized spacial score (nSPS) is 14.5. The number of carbonyl (C=O) groups is 2. The summed E-state index contributed by atoms with van der Waals surface area (Å²) in [6.45, 7) is 3.83. The molecule has 0 atom stereocenters. The molecular formula is C29H30N4O2S. The van der Waals surface area contributed by atoms with Gasteiger partial charge >= 0.3 is 0 Å². The van der Waals surface area contributed by atoms with Crippen molar-refractivity contribution in [1.29, 1.82) is 0 Å². The van der Waals surface area contributed by atoms with Gasteiger partial charge in [0, 0.05) is 59.3 Å². The van der Waals surface area contributed by atoms with Gasteiger partial charge in [-0.15, -0.1) is 11.3 Å². The van der Waals surface area contributed by atoms with Crippen molar-refractivity contribution in [3.63, 3.8) is 0 Å². The Labute approximate surface area is 215 Å². The number of likely N-dealkylation sites (tertiary alicyclic amines) is 1. The van der Waals surface area contributed by atoms with Crippen molar-refractivity contribution in [3.05, 3.63) is 93.6 Å². The molecule has 184 valence electrons. The van der Waals surface area contributed by atoms with E-state index in [-0.39, 0.29) is 17.7 Å². The Morgan fingerprint density at radius 3 is 2.78 bits per heavy atom. The van der Waals surface area contributed by atoms with Gasteiger partial charge in [-0.2, -0.15) is 0 Å². The number of benzene rings is 1. The molecule has 1 saturated heterocycles. The van der Waals surface area contributed by atoms with Gasteiger partial charge in [0.1, 0.15) is 0 Å². The first-order valence-electron chi connectivity index (χ1n) is 12.4. The van der Waals surface area contributed by atoms with Crippen LogP contribution in [0.3, 0.4) is 0 Å². The van der Waals surface area contributed by atoms with Crippen LogP contribution < -0.4 is 5.32 Å². The van der Waals surface area contributed by atoms with Crippen LogP contribution in [0.15, 0.2) is 66.2 Å². The zero-order valence-corrected chi connectivity index (χ0v) is 21.2. The Morgan fingerprint density at radius 2 is 1.97 bits per heavy atom. The predicted octanol–water partition coefficient (Wildman–Crippen LogP) is 5.32. The second-order valence-corrected chi connectivity index (χ2v) is 10.2. The van der Waals surface area contributed by atoms with Gasteiger partial charge in [0.05, 0.1) is 11.3 Å². The number of aromatic amines is 1. The standard InChI is InChI=1S/C29H30N4O2S/c1-20-8-10-25(29(35)30-15-12-22-19-31-26-7-3-2-6-24(22)26)28(32-20)21-13-16-33(17-14-21)27(34)11-9-23-5-4-18-36-23/h2-11,18-19,21,31H,12-17H2,1H3,(H,30,35)/b11-9+. The molecule has 1 aliphatic heterocycles. The number of carbonyl (C=O) groups excluding carboxylic acids is 2. The smallest absolute Gasteiger partial charge is 0.253 e. The third kappa shape index (κ3) is 5.41. The van der Waals surface area contributed by atoms with E-state index in [4.69, 9.17) is 4.98 Å². The van der Waals surface area contributed by atoms with Gasteiger partial charge in [-0.05, 0) is 67.5 Å². The van der Waals surface area contributed by atoms with Crippen LogP contribution in [0.25, 0.3) is 17.0 Å². The van der Waals surface area contributed by atoms with Crippen molar-refractivity contribution in [1.82, 2.24) is 20.2 Å². The second kappa shape index (κ2) is 10.9. The predicted molar refractivity (Wildman–Crippen MR) is 145 cm³/mol. The molecule has 0 aliphatic carbocycles. The highest BCUT2D eigenvalue weighted by Crippen LogP contribution is 2.30. The van der Waals surface area contributed by atoms with Crippen LogP contribution in [-0.4, -0.2) is 46.3 Å². The molecule has 4 aromatic rings. The van der Waals surface area contributed by atoms with Gasteiger partial charge in [-0.1, -0.05) is 24.3 Å². The molecule has 0 radical (unpaired) electrons. The fourth-order valence-corrected chi connectivity index (χ4v) is 5.46. The summed E-state index contributed by atoms with van der Waals surface area (Å²) >= 11 is 1.61. The van der Waals surface area contributed by atoms with E-state index in [0.29, 0.717) is 25.2 Å². The van der Waals surface area contributed by atoms with E-state index in [1.165, 1.54) is 10.9 Å². The molecule has 36 heavy (non-hydrogen) atoms. The number of rotatable bonds is 7. The largest absolute Gasteiger partial charge is 0.361 e. The fraction of sp³-hybridized carbons (Fsp3) is 0.276. The summed E-state index contributed by atoms with van der Waals surface area (Å²) < 4.78 is 0. The second-order valence-electron chi connectivity index (χ2n) is 9.20. The Morgan fingerprint density at radius 1 is 1.14 bits per heavy atom. The van der Waals surface area contributed by atoms with E-state index < -0.39 is 0 Å². The molecule has 1 aliphatic rings. The minimum absolute atomic E-state index is 0.0364. The monoisotopic (exact) mass is 498 g/mol. The first kappa shape index (κ1) is 24.0. The zero-order chi connectivity index (χ0) is 24.9. The summed E-state index contributed by atoms with van der Waals surface area (Å²) in [5, 5.41) is 6.28. The summed E-state index contributed by atoms with van der Waals surface area (Å²) in [6.07, 6.45) is 7.89. The van der Waals surface area contributed by atoms with E-state index in [2.05, 4.69) is 22.4 Å². The number of para-hydroxylation sites is 1. The van der Waals surface area contributed by atoms with Crippen molar-refractivity contribution in [2.75, 3.05) is 19.6 Å². The lowest BCUT2D eigenvalue weighted by molar-refractivity contribution is -0.127. The summed E-state index contributed by atoms with van der Waals surface area (Å²) in [5.41, 5.74) is 4.69. The zero-order valence-electron chi connectivity index (χ0n) is 20.4. The van der Waals surface area contributed by atoms with Crippen LogP contribution in [0, 0.1) is 6.92 Å². The molecule has 2 N–H and O–H groups in total. The van der Waals surface area contributed by atoms with Crippen LogP contribution in [0.1, 0.15) is 50.9 Å². The topological polar surface area (TPSA) is 78.1 Å². The van der Waals surface area contributed by atoms with Gasteiger partial charge in [0.15, 0.2) is 0 Å². The lowest BCUT2D eigenvalue weighted by atomic mass is 9.89. The van der Waals surface area contributed by atoms with Crippen LogP contribution in [0.5, 0.6) is 0 Å². The number of nitrogens with zero attached hydrogens (tertiary/aromatic N) is 2. The number of aryl methyl sites for hydroxylation is 1. The molecule has 4 heterocycles. The van der Waals surface area contributed by atoms with Crippen LogP contribution >= 0.6 is 11.3 Å². The van der Waals surface area contributed by atoms with Crippen molar-refractivity contribution in [2.24, 2.45) is 0 Å². The van der Waals surface area contributed by atoms with Gasteiger partial charge in [0.2, 0.25) is 5.91 Å². The Balaban J connectivity index is 1.20. The van der Waals surface area contributed by atoms with Crippen LogP contribution in [-0.2, 0) is 11.2 Å². The minimum atomic E-state index is -0.0882. The molecule has 6 nitrogen and oxygen atoms in total. The molecule has 1 fully saturated rings. The van der Waals surface area contributed by atoms with E-state index in [1.807, 2.05) is 65.9 Å². The van der Waals surface area contributed by atoms with Gasteiger partial charge in [0.25, 0.3) is 5.91 Å². The highest BCUT2D eigenvalue weighted by molar-refractivity contribution is 7.10. The average molecular weight is 499 g/mol. The summed E-state index contributed by atoms with van der Waals surface area (Å²) in [6, 6.07) is 16.0. The van der Waals surface area contributed by atoms with Gasteiger partial charge in [-0.25, -0.2) is 0 Å². The highest BCUT2D eigenvalue weighted by Gasteiger charge is 2.27. The number of pyridine rings is 1. The SMILES string of the molecule is Cc1ccc(C(=O)NCCc2c[nH]c3ccccc23)c(C2CCN(C(=O)/C=C/c3cccs3)CC2)n1. The number of H-pyrrole nitrogens is 1. The third-order valence-corrected chi connectivity index (χ3v) is 7.63.